The fourth-order valence-electron chi connectivity index (χ4n) is 4.14. The van der Waals surface area contributed by atoms with Gasteiger partial charge in [-0.1, -0.05) is 32.0 Å². The predicted octanol–water partition coefficient (Wildman–Crippen LogP) is 5.64. The minimum atomic E-state index is 0.282. The summed E-state index contributed by atoms with van der Waals surface area (Å²) in [5.41, 5.74) is 20.4. The van der Waals surface area contributed by atoms with Gasteiger partial charge in [0.05, 0.1) is 11.4 Å². The van der Waals surface area contributed by atoms with Gasteiger partial charge in [0.2, 0.25) is 0 Å². The summed E-state index contributed by atoms with van der Waals surface area (Å²) in [5.74, 6) is 1.11. The molecule has 6 nitrogen and oxygen atoms in total. The highest BCUT2D eigenvalue weighted by molar-refractivity contribution is 5.95. The smallest absolute Gasteiger partial charge is 0.198 e. The van der Waals surface area contributed by atoms with E-state index in [2.05, 4.69) is 67.2 Å². The maximum Gasteiger partial charge on any atom is 0.198 e. The molecule has 0 saturated carbocycles. The SMILES string of the molecule is CCN(CC)CCOc1ccc(NC(N)=Nc2c(C)cc(-c3c(C)cccc3C)cc2N)cc1. The monoisotopic (exact) mass is 459 g/mol. The number of ether oxygens (including phenoxy) is 1. The molecule has 34 heavy (non-hydrogen) atoms. The van der Waals surface area contributed by atoms with Crippen molar-refractivity contribution in [3.05, 3.63) is 71.3 Å². The average molecular weight is 460 g/mol. The van der Waals surface area contributed by atoms with Crippen LogP contribution in [-0.4, -0.2) is 37.1 Å². The van der Waals surface area contributed by atoms with Crippen molar-refractivity contribution in [2.45, 2.75) is 34.6 Å². The van der Waals surface area contributed by atoms with Gasteiger partial charge in [-0.2, -0.15) is 0 Å². The van der Waals surface area contributed by atoms with Crippen LogP contribution in [0.1, 0.15) is 30.5 Å². The number of guanidine groups is 1. The summed E-state index contributed by atoms with van der Waals surface area (Å²) in [7, 11) is 0. The molecule has 0 saturated heterocycles. The zero-order valence-corrected chi connectivity index (χ0v) is 21.0. The van der Waals surface area contributed by atoms with E-state index in [9.17, 15) is 0 Å². The maximum absolute atomic E-state index is 6.40. The summed E-state index contributed by atoms with van der Waals surface area (Å²) in [6.07, 6.45) is 0. The van der Waals surface area contributed by atoms with Crippen LogP contribution in [0.5, 0.6) is 5.75 Å². The molecule has 0 aliphatic carbocycles. The van der Waals surface area contributed by atoms with E-state index in [4.69, 9.17) is 16.2 Å². The largest absolute Gasteiger partial charge is 0.492 e. The van der Waals surface area contributed by atoms with Crippen molar-refractivity contribution in [3.63, 3.8) is 0 Å². The standard InChI is InChI=1S/C28H37N5O/c1-6-33(7-2)15-16-34-24-13-11-23(12-14-24)31-28(30)32-27-21(5)17-22(18-25(27)29)26-19(3)9-8-10-20(26)4/h8-14,17-18H,6-7,15-16,29H2,1-5H3,(H3,30,31,32). The number of aliphatic imine (C=N–C) groups is 1. The number of nitrogens with two attached hydrogens (primary N) is 2. The number of rotatable bonds is 9. The third-order valence-corrected chi connectivity index (χ3v) is 6.03. The lowest BCUT2D eigenvalue weighted by atomic mass is 9.94. The Balaban J connectivity index is 1.69. The molecule has 0 bridgehead atoms. The summed E-state index contributed by atoms with van der Waals surface area (Å²) in [4.78, 5) is 6.89. The second-order valence-corrected chi connectivity index (χ2v) is 8.52. The summed E-state index contributed by atoms with van der Waals surface area (Å²) in [5, 5.41) is 3.14. The molecule has 3 aromatic carbocycles. The van der Waals surface area contributed by atoms with Gasteiger partial charge in [0.15, 0.2) is 5.96 Å². The molecule has 0 unspecified atom stereocenters. The molecule has 6 heteroatoms. The van der Waals surface area contributed by atoms with Crippen LogP contribution in [0.15, 0.2) is 59.6 Å². The van der Waals surface area contributed by atoms with E-state index in [0.717, 1.165) is 42.2 Å². The Kier molecular flexibility index (Phi) is 8.55. The number of benzene rings is 3. The van der Waals surface area contributed by atoms with Crippen LogP contribution in [-0.2, 0) is 0 Å². The normalized spacial score (nSPS) is 11.6. The summed E-state index contributed by atoms with van der Waals surface area (Å²) < 4.78 is 5.84. The molecule has 3 rings (SSSR count). The highest BCUT2D eigenvalue weighted by Gasteiger charge is 2.11. The number of aryl methyl sites for hydroxylation is 3. The topological polar surface area (TPSA) is 88.9 Å². The van der Waals surface area contributed by atoms with Crippen molar-refractivity contribution in [2.75, 3.05) is 37.3 Å². The minimum Gasteiger partial charge on any atom is -0.492 e. The van der Waals surface area contributed by atoms with E-state index in [1.165, 1.54) is 16.7 Å². The van der Waals surface area contributed by atoms with Crippen molar-refractivity contribution in [1.29, 1.82) is 0 Å². The third-order valence-electron chi connectivity index (χ3n) is 6.03. The second-order valence-electron chi connectivity index (χ2n) is 8.52. The summed E-state index contributed by atoms with van der Waals surface area (Å²) in [6.45, 7) is 14.2. The van der Waals surface area contributed by atoms with Crippen molar-refractivity contribution in [1.82, 2.24) is 4.90 Å². The molecule has 0 aliphatic rings. The van der Waals surface area contributed by atoms with Crippen molar-refractivity contribution >= 4 is 23.0 Å². The molecule has 0 spiro atoms. The van der Waals surface area contributed by atoms with Crippen LogP contribution in [0.3, 0.4) is 0 Å². The van der Waals surface area contributed by atoms with Crippen LogP contribution in [0.25, 0.3) is 11.1 Å². The molecule has 0 aliphatic heterocycles. The quantitative estimate of drug-likeness (QED) is 0.219. The first-order valence-corrected chi connectivity index (χ1v) is 11.9. The molecular weight excluding hydrogens is 422 g/mol. The van der Waals surface area contributed by atoms with E-state index in [1.807, 2.05) is 37.3 Å². The summed E-state index contributed by atoms with van der Waals surface area (Å²) in [6, 6.07) is 18.1. The zero-order valence-electron chi connectivity index (χ0n) is 21.0. The lowest BCUT2D eigenvalue weighted by Gasteiger charge is -2.18. The number of likely N-dealkylation sites (N-methyl/N-ethyl adjacent to an activating group) is 1. The average Bonchev–Trinajstić information content (AvgIpc) is 2.80. The Labute approximate surface area is 203 Å². The molecule has 180 valence electrons. The minimum absolute atomic E-state index is 0.282. The highest BCUT2D eigenvalue weighted by atomic mass is 16.5. The molecule has 5 N–H and O–H groups in total. The Morgan fingerprint density at radius 2 is 1.59 bits per heavy atom. The van der Waals surface area contributed by atoms with E-state index in [-0.39, 0.29) is 5.96 Å². The lowest BCUT2D eigenvalue weighted by molar-refractivity contribution is 0.223. The molecule has 3 aromatic rings. The van der Waals surface area contributed by atoms with Crippen LogP contribution < -0.4 is 21.5 Å². The van der Waals surface area contributed by atoms with E-state index in [1.54, 1.807) is 0 Å². The maximum atomic E-state index is 6.40. The van der Waals surface area contributed by atoms with Crippen molar-refractivity contribution < 1.29 is 4.74 Å². The first kappa shape index (κ1) is 25.1. The molecule has 0 radical (unpaired) electrons. The number of nitrogen functional groups attached to an aromatic ring is 1. The van der Waals surface area contributed by atoms with Gasteiger partial charge in [0.25, 0.3) is 0 Å². The molecule has 0 fully saturated rings. The van der Waals surface area contributed by atoms with Gasteiger partial charge >= 0.3 is 0 Å². The van der Waals surface area contributed by atoms with Crippen LogP contribution >= 0.6 is 0 Å². The van der Waals surface area contributed by atoms with Gasteiger partial charge in [0.1, 0.15) is 12.4 Å². The predicted molar refractivity (Wildman–Crippen MR) is 145 cm³/mol. The van der Waals surface area contributed by atoms with Gasteiger partial charge < -0.3 is 26.4 Å². The molecular formula is C28H37N5O. The molecule has 0 aromatic heterocycles. The molecule has 0 amide bonds. The number of anilines is 2. The molecule has 0 heterocycles. The number of hydrogen-bond donors (Lipinski definition) is 3. The van der Waals surface area contributed by atoms with E-state index >= 15 is 0 Å². The van der Waals surface area contributed by atoms with Crippen LogP contribution in [0, 0.1) is 20.8 Å². The number of nitrogens with zero attached hydrogens (tertiary/aromatic N) is 2. The van der Waals surface area contributed by atoms with E-state index < -0.39 is 0 Å². The van der Waals surface area contributed by atoms with Crippen LogP contribution in [0.4, 0.5) is 17.1 Å². The number of nitrogens with one attached hydrogen (secondary N) is 1. The molecule has 0 atom stereocenters. The van der Waals surface area contributed by atoms with Gasteiger partial charge in [-0.25, -0.2) is 4.99 Å². The zero-order chi connectivity index (χ0) is 24.7. The van der Waals surface area contributed by atoms with Crippen molar-refractivity contribution in [3.8, 4) is 16.9 Å². The highest BCUT2D eigenvalue weighted by Crippen LogP contribution is 2.35. The van der Waals surface area contributed by atoms with Gasteiger partial charge in [-0.3, -0.25) is 0 Å². The number of hydrogen-bond acceptors (Lipinski definition) is 4. The summed E-state index contributed by atoms with van der Waals surface area (Å²) >= 11 is 0. The third kappa shape index (κ3) is 6.29. The Morgan fingerprint density at radius 1 is 0.941 bits per heavy atom. The fraction of sp³-hybridized carbons (Fsp3) is 0.321. The second kappa shape index (κ2) is 11.6. The first-order valence-electron chi connectivity index (χ1n) is 11.9. The lowest BCUT2D eigenvalue weighted by Crippen LogP contribution is -2.27. The van der Waals surface area contributed by atoms with Crippen LogP contribution in [0.2, 0.25) is 0 Å². The Hall–Kier alpha value is -3.51. The fourth-order valence-corrected chi connectivity index (χ4v) is 4.14. The van der Waals surface area contributed by atoms with Gasteiger partial charge in [0, 0.05) is 12.2 Å². The Bertz CT molecular complexity index is 1090. The first-order chi connectivity index (χ1) is 16.3. The van der Waals surface area contributed by atoms with Crippen molar-refractivity contribution in [2.24, 2.45) is 10.7 Å². The van der Waals surface area contributed by atoms with Gasteiger partial charge in [-0.05, 0) is 98.1 Å². The van der Waals surface area contributed by atoms with E-state index in [0.29, 0.717) is 18.0 Å². The Morgan fingerprint density at radius 3 is 2.18 bits per heavy atom. The van der Waals surface area contributed by atoms with Gasteiger partial charge in [-0.15, -0.1) is 0 Å².